The molecule has 1 heterocycles. The minimum atomic E-state index is -0.259. The van der Waals surface area contributed by atoms with Crippen LogP contribution >= 0.6 is 0 Å². The fraction of sp³-hybridized carbons (Fsp3) is 0.211. The van der Waals surface area contributed by atoms with Gasteiger partial charge in [0.2, 0.25) is 0 Å². The number of nitrogens with zero attached hydrogens (tertiary/aromatic N) is 2. The standard InChI is InChI=1S/C19H21N3O2/c1-4-10-21-18(23)15-9-11-20-17(13-15)19(24)22(5-2)16-8-6-7-14(3)12-16/h4,6-9,11-13H,1,5,10H2,2-3H3,(H,21,23). The summed E-state index contributed by atoms with van der Waals surface area (Å²) >= 11 is 0. The third-order valence-electron chi connectivity index (χ3n) is 3.52. The number of anilines is 1. The van der Waals surface area contributed by atoms with Crippen molar-refractivity contribution < 1.29 is 9.59 Å². The van der Waals surface area contributed by atoms with Gasteiger partial charge >= 0.3 is 0 Å². The molecule has 0 radical (unpaired) electrons. The van der Waals surface area contributed by atoms with Crippen LogP contribution in [0.4, 0.5) is 5.69 Å². The molecule has 0 saturated carbocycles. The maximum absolute atomic E-state index is 12.8. The molecule has 0 spiro atoms. The third kappa shape index (κ3) is 4.07. The maximum atomic E-state index is 12.8. The summed E-state index contributed by atoms with van der Waals surface area (Å²) in [5, 5.41) is 2.69. The van der Waals surface area contributed by atoms with Crippen LogP contribution in [0.5, 0.6) is 0 Å². The van der Waals surface area contributed by atoms with E-state index in [0.29, 0.717) is 18.7 Å². The summed E-state index contributed by atoms with van der Waals surface area (Å²) in [7, 11) is 0. The number of carbonyl (C=O) groups excluding carboxylic acids is 2. The molecule has 0 unspecified atom stereocenters. The molecule has 1 N–H and O–H groups in total. The van der Waals surface area contributed by atoms with Gasteiger partial charge in [-0.3, -0.25) is 14.6 Å². The van der Waals surface area contributed by atoms with Crippen LogP contribution in [0.15, 0.2) is 55.3 Å². The number of aryl methyl sites for hydroxylation is 1. The fourth-order valence-corrected chi connectivity index (χ4v) is 2.33. The van der Waals surface area contributed by atoms with Crippen molar-refractivity contribution >= 4 is 17.5 Å². The lowest BCUT2D eigenvalue weighted by Crippen LogP contribution is -2.32. The highest BCUT2D eigenvalue weighted by atomic mass is 16.2. The van der Waals surface area contributed by atoms with Gasteiger partial charge in [-0.2, -0.15) is 0 Å². The van der Waals surface area contributed by atoms with Gasteiger partial charge in [-0.15, -0.1) is 6.58 Å². The SMILES string of the molecule is C=CCNC(=O)c1ccnc(C(=O)N(CC)c2cccc(C)c2)c1. The number of aromatic nitrogens is 1. The van der Waals surface area contributed by atoms with E-state index in [1.165, 1.54) is 12.3 Å². The minimum absolute atomic E-state index is 0.235. The molecule has 0 aliphatic heterocycles. The van der Waals surface area contributed by atoms with E-state index in [0.717, 1.165) is 11.3 Å². The molecule has 0 aliphatic rings. The van der Waals surface area contributed by atoms with Crippen molar-refractivity contribution in [3.8, 4) is 0 Å². The number of benzene rings is 1. The number of hydrogen-bond donors (Lipinski definition) is 1. The van der Waals surface area contributed by atoms with Gasteiger partial charge in [-0.05, 0) is 43.7 Å². The summed E-state index contributed by atoms with van der Waals surface area (Å²) in [6, 6.07) is 10.8. The Balaban J connectivity index is 2.27. The van der Waals surface area contributed by atoms with E-state index in [1.807, 2.05) is 38.1 Å². The lowest BCUT2D eigenvalue weighted by atomic mass is 10.1. The van der Waals surface area contributed by atoms with Gasteiger partial charge in [0, 0.05) is 30.5 Å². The molecule has 5 heteroatoms. The molecule has 1 aromatic carbocycles. The quantitative estimate of drug-likeness (QED) is 0.831. The molecule has 0 atom stereocenters. The highest BCUT2D eigenvalue weighted by molar-refractivity contribution is 6.06. The van der Waals surface area contributed by atoms with Crippen LogP contribution in [-0.2, 0) is 0 Å². The van der Waals surface area contributed by atoms with Crippen molar-refractivity contribution in [2.45, 2.75) is 13.8 Å². The van der Waals surface area contributed by atoms with Crippen LogP contribution in [0.25, 0.3) is 0 Å². The Bertz CT molecular complexity index is 756. The largest absolute Gasteiger partial charge is 0.349 e. The van der Waals surface area contributed by atoms with Crippen molar-refractivity contribution in [2.75, 3.05) is 18.0 Å². The van der Waals surface area contributed by atoms with Gasteiger partial charge in [0.1, 0.15) is 5.69 Å². The summed E-state index contributed by atoms with van der Waals surface area (Å²) in [5.41, 5.74) is 2.52. The molecule has 2 rings (SSSR count). The molecular weight excluding hydrogens is 302 g/mol. The molecule has 5 nitrogen and oxygen atoms in total. The Kier molecular flexibility index (Phi) is 5.84. The van der Waals surface area contributed by atoms with Crippen molar-refractivity contribution in [1.82, 2.24) is 10.3 Å². The van der Waals surface area contributed by atoms with Crippen LogP contribution in [0.3, 0.4) is 0 Å². The summed E-state index contributed by atoms with van der Waals surface area (Å²) in [6.07, 6.45) is 3.07. The van der Waals surface area contributed by atoms with Gasteiger partial charge < -0.3 is 10.2 Å². The Labute approximate surface area is 142 Å². The number of carbonyl (C=O) groups is 2. The second-order valence-electron chi connectivity index (χ2n) is 5.32. The zero-order valence-corrected chi connectivity index (χ0v) is 14.0. The normalized spacial score (nSPS) is 10.1. The molecule has 0 saturated heterocycles. The van der Waals surface area contributed by atoms with Gasteiger partial charge in [0.25, 0.3) is 11.8 Å². The predicted molar refractivity (Wildman–Crippen MR) is 95.3 cm³/mol. The molecule has 0 fully saturated rings. The second-order valence-corrected chi connectivity index (χ2v) is 5.32. The van der Waals surface area contributed by atoms with Crippen molar-refractivity contribution in [3.63, 3.8) is 0 Å². The van der Waals surface area contributed by atoms with Gasteiger partial charge in [-0.1, -0.05) is 18.2 Å². The average molecular weight is 323 g/mol. The number of rotatable bonds is 6. The summed E-state index contributed by atoms with van der Waals surface area (Å²) in [5.74, 6) is -0.494. The van der Waals surface area contributed by atoms with E-state index >= 15 is 0 Å². The first-order chi connectivity index (χ1) is 11.6. The Morgan fingerprint density at radius 3 is 2.75 bits per heavy atom. The zero-order chi connectivity index (χ0) is 17.5. The average Bonchev–Trinajstić information content (AvgIpc) is 2.60. The topological polar surface area (TPSA) is 62.3 Å². The summed E-state index contributed by atoms with van der Waals surface area (Å²) in [4.78, 5) is 30.6. The number of pyridine rings is 1. The molecule has 0 aliphatic carbocycles. The van der Waals surface area contributed by atoms with E-state index in [4.69, 9.17) is 0 Å². The summed E-state index contributed by atoms with van der Waals surface area (Å²) < 4.78 is 0. The number of amides is 2. The van der Waals surface area contributed by atoms with Gasteiger partial charge in [0.15, 0.2) is 0 Å². The van der Waals surface area contributed by atoms with Crippen molar-refractivity contribution in [1.29, 1.82) is 0 Å². The van der Waals surface area contributed by atoms with Crippen LogP contribution in [0, 0.1) is 6.92 Å². The number of nitrogens with one attached hydrogen (secondary N) is 1. The first-order valence-electron chi connectivity index (χ1n) is 7.80. The molecule has 0 bridgehead atoms. The molecule has 124 valence electrons. The lowest BCUT2D eigenvalue weighted by molar-refractivity contribution is 0.0958. The van der Waals surface area contributed by atoms with E-state index in [2.05, 4.69) is 16.9 Å². The van der Waals surface area contributed by atoms with Crippen LogP contribution in [0.1, 0.15) is 33.3 Å². The fourth-order valence-electron chi connectivity index (χ4n) is 2.33. The van der Waals surface area contributed by atoms with E-state index < -0.39 is 0 Å². The molecular formula is C19H21N3O2. The highest BCUT2D eigenvalue weighted by Gasteiger charge is 2.19. The molecule has 1 aromatic heterocycles. The minimum Gasteiger partial charge on any atom is -0.349 e. The highest BCUT2D eigenvalue weighted by Crippen LogP contribution is 2.18. The predicted octanol–water partition coefficient (Wildman–Crippen LogP) is 2.97. The number of hydrogen-bond acceptors (Lipinski definition) is 3. The molecule has 2 aromatic rings. The van der Waals surface area contributed by atoms with Crippen LogP contribution in [0.2, 0.25) is 0 Å². The lowest BCUT2D eigenvalue weighted by Gasteiger charge is -2.21. The van der Waals surface area contributed by atoms with Crippen molar-refractivity contribution in [2.24, 2.45) is 0 Å². The van der Waals surface area contributed by atoms with E-state index in [9.17, 15) is 9.59 Å². The second kappa shape index (κ2) is 8.06. The Hall–Kier alpha value is -2.95. The van der Waals surface area contributed by atoms with Gasteiger partial charge in [0.05, 0.1) is 0 Å². The monoisotopic (exact) mass is 323 g/mol. The third-order valence-corrected chi connectivity index (χ3v) is 3.52. The Morgan fingerprint density at radius 1 is 1.29 bits per heavy atom. The van der Waals surface area contributed by atoms with Crippen LogP contribution < -0.4 is 10.2 Å². The molecule has 24 heavy (non-hydrogen) atoms. The summed E-state index contributed by atoms with van der Waals surface area (Å²) in [6.45, 7) is 8.32. The smallest absolute Gasteiger partial charge is 0.276 e. The maximum Gasteiger partial charge on any atom is 0.276 e. The van der Waals surface area contributed by atoms with Crippen LogP contribution in [-0.4, -0.2) is 29.9 Å². The molecule has 2 amide bonds. The first kappa shape index (κ1) is 17.4. The Morgan fingerprint density at radius 2 is 2.08 bits per heavy atom. The first-order valence-corrected chi connectivity index (χ1v) is 7.80. The van der Waals surface area contributed by atoms with E-state index in [-0.39, 0.29) is 17.5 Å². The van der Waals surface area contributed by atoms with Crippen molar-refractivity contribution in [3.05, 3.63) is 72.1 Å². The van der Waals surface area contributed by atoms with E-state index in [1.54, 1.807) is 17.0 Å². The van der Waals surface area contributed by atoms with Gasteiger partial charge in [-0.25, -0.2) is 0 Å². The zero-order valence-electron chi connectivity index (χ0n) is 14.0.